The van der Waals surface area contributed by atoms with Gasteiger partial charge in [0.05, 0.1) is 6.61 Å². The standard InChI is InChI=1S/C4H10Cl2OSi/c1-2-8-7-3-4(5)6/h4H,2-3,8H2,1H3. The van der Waals surface area contributed by atoms with Gasteiger partial charge in [0.1, 0.15) is 4.84 Å². The van der Waals surface area contributed by atoms with Crippen molar-refractivity contribution in [2.24, 2.45) is 0 Å². The summed E-state index contributed by atoms with van der Waals surface area (Å²) in [6.07, 6.45) is 0. The molecule has 0 aliphatic heterocycles. The number of halogens is 2. The van der Waals surface area contributed by atoms with Crippen molar-refractivity contribution in [3.05, 3.63) is 0 Å². The van der Waals surface area contributed by atoms with E-state index in [1.807, 2.05) is 0 Å². The smallest absolute Gasteiger partial charge is 0.161 e. The topological polar surface area (TPSA) is 9.23 Å². The molecule has 0 saturated heterocycles. The summed E-state index contributed by atoms with van der Waals surface area (Å²) in [6.45, 7) is 2.60. The minimum absolute atomic E-state index is 0.290. The molecule has 0 aromatic heterocycles. The third-order valence-corrected chi connectivity index (χ3v) is 1.78. The predicted octanol–water partition coefficient (Wildman–Crippen LogP) is 1.33. The molecule has 4 heteroatoms. The molecule has 1 nitrogen and oxygen atoms in total. The second-order valence-electron chi connectivity index (χ2n) is 1.47. The van der Waals surface area contributed by atoms with Gasteiger partial charge in [-0.1, -0.05) is 6.92 Å². The van der Waals surface area contributed by atoms with E-state index in [9.17, 15) is 0 Å². The minimum Gasteiger partial charge on any atom is -0.421 e. The van der Waals surface area contributed by atoms with Crippen molar-refractivity contribution in [2.45, 2.75) is 17.8 Å². The molecule has 8 heavy (non-hydrogen) atoms. The molecule has 50 valence electrons. The molecule has 0 aromatic rings. The Bertz CT molecular complexity index is 51.3. The highest BCUT2D eigenvalue weighted by Crippen LogP contribution is 2.00. The van der Waals surface area contributed by atoms with Gasteiger partial charge in [0.15, 0.2) is 9.76 Å². The summed E-state index contributed by atoms with van der Waals surface area (Å²) >= 11 is 10.8. The van der Waals surface area contributed by atoms with Gasteiger partial charge in [0.2, 0.25) is 0 Å². The van der Waals surface area contributed by atoms with E-state index in [0.29, 0.717) is 6.61 Å². The van der Waals surface area contributed by atoms with Crippen molar-refractivity contribution < 1.29 is 4.43 Å². The quantitative estimate of drug-likeness (QED) is 0.354. The zero-order chi connectivity index (χ0) is 6.41. The highest BCUT2D eigenvalue weighted by atomic mass is 35.5. The Hall–Kier alpha value is 0.757. The van der Waals surface area contributed by atoms with Crippen molar-refractivity contribution >= 4 is 33.0 Å². The van der Waals surface area contributed by atoms with Crippen LogP contribution in [0.3, 0.4) is 0 Å². The van der Waals surface area contributed by atoms with Crippen molar-refractivity contribution in [1.29, 1.82) is 0 Å². The maximum Gasteiger partial charge on any atom is 0.161 e. The van der Waals surface area contributed by atoms with Crippen LogP contribution in [0.15, 0.2) is 0 Å². The van der Waals surface area contributed by atoms with Crippen LogP contribution in [0.1, 0.15) is 6.92 Å². The second kappa shape index (κ2) is 5.89. The molecule has 0 saturated carbocycles. The number of hydrogen-bond donors (Lipinski definition) is 0. The fourth-order valence-electron chi connectivity index (χ4n) is 0.317. The second-order valence-corrected chi connectivity index (χ2v) is 4.56. The molecule has 0 fully saturated rings. The van der Waals surface area contributed by atoms with E-state index in [0.717, 1.165) is 6.04 Å². The fourth-order valence-corrected chi connectivity index (χ4v) is 1.48. The summed E-state index contributed by atoms with van der Waals surface area (Å²) in [7, 11) is -0.290. The lowest BCUT2D eigenvalue weighted by Gasteiger charge is -1.99. The lowest BCUT2D eigenvalue weighted by atomic mass is 10.9. The van der Waals surface area contributed by atoms with Gasteiger partial charge in [0.25, 0.3) is 0 Å². The van der Waals surface area contributed by atoms with E-state index in [1.165, 1.54) is 0 Å². The molecule has 0 radical (unpaired) electrons. The lowest BCUT2D eigenvalue weighted by Crippen LogP contribution is -2.04. The van der Waals surface area contributed by atoms with Gasteiger partial charge in [-0.05, 0) is 6.04 Å². The first-order valence-electron chi connectivity index (χ1n) is 2.63. The monoisotopic (exact) mass is 172 g/mol. The Kier molecular flexibility index (Phi) is 6.44. The average Bonchev–Trinajstić information content (AvgIpc) is 1.66. The normalized spacial score (nSPS) is 12.0. The number of hydrogen-bond acceptors (Lipinski definition) is 1. The Morgan fingerprint density at radius 2 is 2.25 bits per heavy atom. The van der Waals surface area contributed by atoms with Crippen LogP contribution in [0.25, 0.3) is 0 Å². The van der Waals surface area contributed by atoms with Crippen LogP contribution in [-0.4, -0.2) is 21.2 Å². The van der Waals surface area contributed by atoms with E-state index in [1.54, 1.807) is 0 Å². The van der Waals surface area contributed by atoms with E-state index < -0.39 is 0 Å². The first-order chi connectivity index (χ1) is 3.77. The van der Waals surface area contributed by atoms with Gasteiger partial charge >= 0.3 is 0 Å². The molecule has 0 aliphatic carbocycles. The molecule has 0 aromatic carbocycles. The summed E-state index contributed by atoms with van der Waals surface area (Å²) in [5.74, 6) is 0. The van der Waals surface area contributed by atoms with Gasteiger partial charge in [0, 0.05) is 0 Å². The SMILES string of the molecule is CC[SiH2]OCC(Cl)Cl. The van der Waals surface area contributed by atoms with Gasteiger partial charge in [-0.15, -0.1) is 23.2 Å². The van der Waals surface area contributed by atoms with Gasteiger partial charge in [-0.2, -0.15) is 0 Å². The molecule has 0 amide bonds. The molecular weight excluding hydrogens is 163 g/mol. The average molecular weight is 173 g/mol. The molecule has 0 heterocycles. The van der Waals surface area contributed by atoms with Crippen LogP contribution in [0.2, 0.25) is 6.04 Å². The number of rotatable bonds is 4. The zero-order valence-electron chi connectivity index (χ0n) is 4.86. The predicted molar refractivity (Wildman–Crippen MR) is 40.5 cm³/mol. The summed E-state index contributed by atoms with van der Waals surface area (Å²) < 4.78 is 5.12. The maximum absolute atomic E-state index is 5.38. The summed E-state index contributed by atoms with van der Waals surface area (Å²) in [4.78, 5) is -0.339. The van der Waals surface area contributed by atoms with Crippen LogP contribution >= 0.6 is 23.2 Å². The van der Waals surface area contributed by atoms with E-state index in [-0.39, 0.29) is 14.6 Å². The fraction of sp³-hybridized carbons (Fsp3) is 1.00. The summed E-state index contributed by atoms with van der Waals surface area (Å²) in [5, 5.41) is 0. The Labute approximate surface area is 62.3 Å². The Morgan fingerprint density at radius 3 is 2.62 bits per heavy atom. The summed E-state index contributed by atoms with van der Waals surface area (Å²) in [6, 6.07) is 1.15. The highest BCUT2D eigenvalue weighted by Gasteiger charge is 1.95. The molecule has 0 spiro atoms. The molecule has 0 atom stereocenters. The Balaban J connectivity index is 2.72. The van der Waals surface area contributed by atoms with Crippen molar-refractivity contribution in [3.8, 4) is 0 Å². The zero-order valence-corrected chi connectivity index (χ0v) is 7.79. The van der Waals surface area contributed by atoms with Crippen LogP contribution < -0.4 is 0 Å². The molecule has 0 N–H and O–H groups in total. The maximum atomic E-state index is 5.38. The van der Waals surface area contributed by atoms with Crippen LogP contribution in [0, 0.1) is 0 Å². The first kappa shape index (κ1) is 8.76. The molecular formula is C4H10Cl2OSi. The van der Waals surface area contributed by atoms with E-state index in [2.05, 4.69) is 6.92 Å². The van der Waals surface area contributed by atoms with Gasteiger partial charge in [-0.3, -0.25) is 0 Å². The van der Waals surface area contributed by atoms with Crippen LogP contribution in [0.5, 0.6) is 0 Å². The third-order valence-electron chi connectivity index (χ3n) is 0.592. The lowest BCUT2D eigenvalue weighted by molar-refractivity contribution is 0.354. The van der Waals surface area contributed by atoms with Gasteiger partial charge in [-0.25, -0.2) is 0 Å². The third kappa shape index (κ3) is 6.76. The van der Waals surface area contributed by atoms with Crippen molar-refractivity contribution in [2.75, 3.05) is 6.61 Å². The van der Waals surface area contributed by atoms with E-state index in [4.69, 9.17) is 27.6 Å². The van der Waals surface area contributed by atoms with Crippen molar-refractivity contribution in [3.63, 3.8) is 0 Å². The molecule has 0 rings (SSSR count). The Morgan fingerprint density at radius 1 is 1.62 bits per heavy atom. The largest absolute Gasteiger partial charge is 0.421 e. The number of alkyl halides is 2. The van der Waals surface area contributed by atoms with Crippen LogP contribution in [-0.2, 0) is 4.43 Å². The molecule has 0 unspecified atom stereocenters. The van der Waals surface area contributed by atoms with Crippen LogP contribution in [0.4, 0.5) is 0 Å². The molecule has 0 bridgehead atoms. The van der Waals surface area contributed by atoms with E-state index >= 15 is 0 Å². The van der Waals surface area contributed by atoms with Gasteiger partial charge < -0.3 is 4.43 Å². The minimum atomic E-state index is -0.339. The highest BCUT2D eigenvalue weighted by molar-refractivity contribution is 6.44. The summed E-state index contributed by atoms with van der Waals surface area (Å²) in [5.41, 5.74) is 0. The molecule has 0 aliphatic rings. The first-order valence-corrected chi connectivity index (χ1v) is 5.08. The van der Waals surface area contributed by atoms with Crippen molar-refractivity contribution in [1.82, 2.24) is 0 Å².